The van der Waals surface area contributed by atoms with Gasteiger partial charge in [0, 0.05) is 44.5 Å². The molecule has 0 radical (unpaired) electrons. The predicted molar refractivity (Wildman–Crippen MR) is 138 cm³/mol. The van der Waals surface area contributed by atoms with E-state index in [2.05, 4.69) is 0 Å². The molecule has 1 amide bonds. The highest BCUT2D eigenvalue weighted by Gasteiger charge is 2.36. The topological polar surface area (TPSA) is 118 Å². The molecule has 0 bridgehead atoms. The number of nitrogens with zero attached hydrogens (tertiary/aromatic N) is 3. The van der Waals surface area contributed by atoms with Gasteiger partial charge < -0.3 is 28.9 Å². The van der Waals surface area contributed by atoms with Gasteiger partial charge in [0.05, 0.1) is 28.8 Å². The average molecular weight is 532 g/mol. The summed E-state index contributed by atoms with van der Waals surface area (Å²) < 4.78 is 28.0. The molecule has 2 fully saturated rings. The Morgan fingerprint density at radius 3 is 2.53 bits per heavy atom. The van der Waals surface area contributed by atoms with Crippen molar-refractivity contribution < 1.29 is 33.4 Å². The quantitative estimate of drug-likeness (QED) is 0.427. The number of anilines is 1. The first-order chi connectivity index (χ1) is 18.0. The van der Waals surface area contributed by atoms with E-state index < -0.39 is 35.0 Å². The van der Waals surface area contributed by atoms with E-state index >= 15 is 4.39 Å². The molecule has 38 heavy (non-hydrogen) atoms. The monoisotopic (exact) mass is 531 g/mol. The van der Waals surface area contributed by atoms with Crippen molar-refractivity contribution in [3.05, 3.63) is 39.4 Å². The summed E-state index contributed by atoms with van der Waals surface area (Å²) in [7, 11) is 0. The van der Waals surface area contributed by atoms with Crippen molar-refractivity contribution in [3.8, 4) is 0 Å². The maximum atomic E-state index is 15.8. The van der Waals surface area contributed by atoms with Crippen LogP contribution in [0.4, 0.5) is 14.9 Å². The molecule has 1 saturated heterocycles. The summed E-state index contributed by atoms with van der Waals surface area (Å²) in [5.74, 6) is -1.60. The third-order valence-corrected chi connectivity index (χ3v) is 6.72. The Bertz CT molecular complexity index is 1310. The van der Waals surface area contributed by atoms with Gasteiger partial charge in [-0.1, -0.05) is 0 Å². The van der Waals surface area contributed by atoms with Crippen LogP contribution in [0.15, 0.2) is 17.1 Å². The van der Waals surface area contributed by atoms with Crippen molar-refractivity contribution in [2.45, 2.75) is 64.6 Å². The molecule has 1 atom stereocenters. The Labute approximate surface area is 219 Å². The van der Waals surface area contributed by atoms with Crippen LogP contribution in [-0.2, 0) is 9.47 Å². The highest BCUT2D eigenvalue weighted by atomic mass is 19.1. The SMILES string of the molecule is CCOC(=O)c1cn(C2CC2)c2c(C=O)c(N3CCN(C(=O)OC(C)(C)C)C[C@H]3CCO)c(F)cc2c1=O. The van der Waals surface area contributed by atoms with E-state index in [4.69, 9.17) is 9.47 Å². The van der Waals surface area contributed by atoms with Gasteiger partial charge in [-0.25, -0.2) is 14.0 Å². The van der Waals surface area contributed by atoms with E-state index in [0.29, 0.717) is 6.29 Å². The fraction of sp³-hybridized carbons (Fsp3) is 0.556. The zero-order valence-electron chi connectivity index (χ0n) is 22.2. The van der Waals surface area contributed by atoms with Crippen LogP contribution < -0.4 is 10.3 Å². The number of halogens is 1. The molecule has 2 aromatic rings. The van der Waals surface area contributed by atoms with Crippen LogP contribution in [0, 0.1) is 5.82 Å². The zero-order chi connectivity index (χ0) is 27.8. The van der Waals surface area contributed by atoms with Crippen molar-refractivity contribution in [3.63, 3.8) is 0 Å². The number of aliphatic hydroxyl groups is 1. The van der Waals surface area contributed by atoms with Gasteiger partial charge in [0.1, 0.15) is 17.0 Å². The minimum Gasteiger partial charge on any atom is -0.462 e. The minimum atomic E-state index is -0.799. The van der Waals surface area contributed by atoms with Crippen LogP contribution in [0.2, 0.25) is 0 Å². The zero-order valence-corrected chi connectivity index (χ0v) is 22.2. The summed E-state index contributed by atoms with van der Waals surface area (Å²) in [6.45, 7) is 7.33. The Kier molecular flexibility index (Phi) is 7.78. The first-order valence-corrected chi connectivity index (χ1v) is 12.9. The Hall–Kier alpha value is -3.47. The van der Waals surface area contributed by atoms with E-state index in [9.17, 15) is 24.3 Å². The molecule has 1 N–H and O–H groups in total. The molecule has 1 aliphatic carbocycles. The summed E-state index contributed by atoms with van der Waals surface area (Å²) >= 11 is 0. The van der Waals surface area contributed by atoms with Crippen molar-refractivity contribution in [1.29, 1.82) is 0 Å². The number of hydrogen-bond acceptors (Lipinski definition) is 8. The van der Waals surface area contributed by atoms with Gasteiger partial charge in [-0.15, -0.1) is 0 Å². The number of hydrogen-bond donors (Lipinski definition) is 1. The molecule has 0 unspecified atom stereocenters. The number of aromatic nitrogens is 1. The molecule has 4 rings (SSSR count). The molecule has 1 saturated carbocycles. The number of esters is 1. The molecular weight excluding hydrogens is 497 g/mol. The maximum absolute atomic E-state index is 15.8. The molecule has 1 aromatic heterocycles. The van der Waals surface area contributed by atoms with Gasteiger partial charge in [-0.3, -0.25) is 9.59 Å². The summed E-state index contributed by atoms with van der Waals surface area (Å²) in [4.78, 5) is 54.1. The normalized spacial score (nSPS) is 18.0. The number of piperazine rings is 1. The molecule has 1 aromatic carbocycles. The van der Waals surface area contributed by atoms with Crippen LogP contribution in [-0.4, -0.2) is 77.4 Å². The Morgan fingerprint density at radius 1 is 1.24 bits per heavy atom. The summed E-state index contributed by atoms with van der Waals surface area (Å²) in [6.07, 6.45) is 3.20. The van der Waals surface area contributed by atoms with Crippen LogP contribution in [0.3, 0.4) is 0 Å². The Balaban J connectivity index is 1.83. The predicted octanol–water partition coefficient (Wildman–Crippen LogP) is 3.27. The first-order valence-electron chi connectivity index (χ1n) is 12.9. The van der Waals surface area contributed by atoms with E-state index in [1.165, 1.54) is 11.1 Å². The molecule has 2 aliphatic rings. The summed E-state index contributed by atoms with van der Waals surface area (Å²) in [5.41, 5.74) is -1.34. The number of fused-ring (bicyclic) bond motifs is 1. The van der Waals surface area contributed by atoms with Gasteiger partial charge in [0.15, 0.2) is 6.29 Å². The third-order valence-electron chi connectivity index (χ3n) is 6.72. The number of rotatable bonds is 7. The smallest absolute Gasteiger partial charge is 0.410 e. The van der Waals surface area contributed by atoms with Gasteiger partial charge in [0.2, 0.25) is 5.43 Å². The van der Waals surface area contributed by atoms with E-state index in [1.54, 1.807) is 37.2 Å². The lowest BCUT2D eigenvalue weighted by molar-refractivity contribution is 0.0206. The lowest BCUT2D eigenvalue weighted by Gasteiger charge is -2.43. The van der Waals surface area contributed by atoms with Gasteiger partial charge in [-0.2, -0.15) is 0 Å². The number of ether oxygens (including phenoxy) is 2. The molecular formula is C27H34FN3O7. The van der Waals surface area contributed by atoms with E-state index in [-0.39, 0.29) is 73.0 Å². The molecule has 1 aliphatic heterocycles. The van der Waals surface area contributed by atoms with Crippen LogP contribution in [0.1, 0.15) is 73.7 Å². The number of pyridine rings is 1. The number of carbonyl (C=O) groups is 3. The lowest BCUT2D eigenvalue weighted by atomic mass is 10.0. The second-order valence-electron chi connectivity index (χ2n) is 10.7. The molecule has 206 valence electrons. The second kappa shape index (κ2) is 10.7. The number of aldehydes is 1. The second-order valence-corrected chi connectivity index (χ2v) is 10.7. The number of amides is 1. The molecule has 11 heteroatoms. The molecule has 10 nitrogen and oxygen atoms in total. The average Bonchev–Trinajstić information content (AvgIpc) is 3.69. The number of benzene rings is 1. The largest absolute Gasteiger partial charge is 0.462 e. The number of carbonyl (C=O) groups excluding carboxylic acids is 3. The van der Waals surface area contributed by atoms with Crippen LogP contribution in [0.25, 0.3) is 10.9 Å². The van der Waals surface area contributed by atoms with Gasteiger partial charge in [-0.05, 0) is 53.0 Å². The van der Waals surface area contributed by atoms with Gasteiger partial charge >= 0.3 is 12.1 Å². The summed E-state index contributed by atoms with van der Waals surface area (Å²) in [6, 6.07) is 0.519. The minimum absolute atomic E-state index is 0.00642. The van der Waals surface area contributed by atoms with E-state index in [1.807, 2.05) is 0 Å². The van der Waals surface area contributed by atoms with Crippen molar-refractivity contribution in [2.75, 3.05) is 37.7 Å². The fourth-order valence-electron chi connectivity index (χ4n) is 4.94. The third kappa shape index (κ3) is 5.38. The van der Waals surface area contributed by atoms with Crippen molar-refractivity contribution >= 4 is 34.9 Å². The van der Waals surface area contributed by atoms with Crippen molar-refractivity contribution in [1.82, 2.24) is 9.47 Å². The highest BCUT2D eigenvalue weighted by molar-refractivity contribution is 6.04. The maximum Gasteiger partial charge on any atom is 0.410 e. The summed E-state index contributed by atoms with van der Waals surface area (Å²) in [5, 5.41) is 9.66. The molecule has 0 spiro atoms. The fourth-order valence-corrected chi connectivity index (χ4v) is 4.94. The van der Waals surface area contributed by atoms with Gasteiger partial charge in [0.25, 0.3) is 0 Å². The molecule has 2 heterocycles. The number of aliphatic hydroxyl groups excluding tert-OH is 1. The first kappa shape index (κ1) is 27.6. The Morgan fingerprint density at radius 2 is 1.95 bits per heavy atom. The van der Waals surface area contributed by atoms with Crippen LogP contribution in [0.5, 0.6) is 0 Å². The highest BCUT2D eigenvalue weighted by Crippen LogP contribution is 2.40. The lowest BCUT2D eigenvalue weighted by Crippen LogP contribution is -2.56. The standard InChI is InChI=1S/C27H34FN3O7/c1-5-37-25(35)19-14-31(16-6-7-16)22-18(24(19)34)12-21(28)23(20(22)15-33)30-10-9-29(13-17(30)8-11-32)26(36)38-27(2,3)4/h12,14-17,32H,5-11,13H2,1-4H3/t17-/m1/s1. The van der Waals surface area contributed by atoms with E-state index in [0.717, 1.165) is 18.9 Å². The van der Waals surface area contributed by atoms with Crippen molar-refractivity contribution in [2.24, 2.45) is 0 Å². The van der Waals surface area contributed by atoms with Crippen LogP contribution >= 0.6 is 0 Å².